The van der Waals surface area contributed by atoms with Crippen LogP contribution in [0.2, 0.25) is 0 Å². The van der Waals surface area contributed by atoms with E-state index in [1.54, 1.807) is 17.2 Å². The number of anilines is 1. The predicted molar refractivity (Wildman–Crippen MR) is 150 cm³/mol. The number of pyridine rings is 1. The minimum Gasteiger partial charge on any atom is -0.353 e. The fourth-order valence-electron chi connectivity index (χ4n) is 4.57. The lowest BCUT2D eigenvalue weighted by Crippen LogP contribution is -2.47. The largest absolute Gasteiger partial charge is 0.353 e. The second kappa shape index (κ2) is 10.5. The molecule has 2 aliphatic heterocycles. The number of aromatic nitrogens is 2. The monoisotopic (exact) mass is 519 g/mol. The average molecular weight is 520 g/mol. The number of nitrogens with zero attached hydrogens (tertiary/aromatic N) is 5. The Labute approximate surface area is 220 Å². The molecule has 186 valence electrons. The van der Waals surface area contributed by atoms with Crippen LogP contribution in [0.1, 0.15) is 25.0 Å². The van der Waals surface area contributed by atoms with E-state index in [1.807, 2.05) is 24.3 Å². The molecule has 0 spiro atoms. The Bertz CT molecular complexity index is 1380. The first kappa shape index (κ1) is 24.7. The highest BCUT2D eigenvalue weighted by molar-refractivity contribution is 8.26. The molecule has 9 heteroatoms. The highest BCUT2D eigenvalue weighted by Crippen LogP contribution is 2.34. The lowest BCUT2D eigenvalue weighted by Gasteiger charge is -2.36. The maximum absolute atomic E-state index is 13.6. The van der Waals surface area contributed by atoms with Crippen molar-refractivity contribution in [3.05, 3.63) is 81.1 Å². The lowest BCUT2D eigenvalue weighted by atomic mass is 10.1. The van der Waals surface area contributed by atoms with Gasteiger partial charge in [-0.05, 0) is 29.7 Å². The number of hydrogen-bond donors (Lipinski definition) is 0. The molecule has 2 aromatic heterocycles. The third kappa shape index (κ3) is 5.09. The Morgan fingerprint density at radius 3 is 2.47 bits per heavy atom. The van der Waals surface area contributed by atoms with Crippen LogP contribution >= 0.6 is 24.0 Å². The van der Waals surface area contributed by atoms with Crippen LogP contribution in [0.25, 0.3) is 11.7 Å². The van der Waals surface area contributed by atoms with Gasteiger partial charge in [-0.15, -0.1) is 0 Å². The molecule has 0 unspecified atom stereocenters. The Hall–Kier alpha value is -3.01. The first-order valence-corrected chi connectivity index (χ1v) is 13.4. The summed E-state index contributed by atoms with van der Waals surface area (Å²) in [4.78, 5) is 38.3. The van der Waals surface area contributed by atoms with Crippen molar-refractivity contribution in [1.82, 2.24) is 19.2 Å². The zero-order chi connectivity index (χ0) is 25.2. The molecule has 2 aliphatic rings. The number of rotatable bonds is 6. The number of thiocarbonyl (C=S) groups is 1. The van der Waals surface area contributed by atoms with E-state index < -0.39 is 0 Å². The molecule has 7 nitrogen and oxygen atoms in total. The Kier molecular flexibility index (Phi) is 7.22. The smallest absolute Gasteiger partial charge is 0.267 e. The Balaban J connectivity index is 1.46. The van der Waals surface area contributed by atoms with Gasteiger partial charge in [0.1, 0.15) is 15.8 Å². The van der Waals surface area contributed by atoms with Gasteiger partial charge in [0, 0.05) is 45.5 Å². The number of fused-ring (bicyclic) bond motifs is 1. The maximum Gasteiger partial charge on any atom is 0.267 e. The van der Waals surface area contributed by atoms with Crippen molar-refractivity contribution < 1.29 is 4.79 Å². The quantitative estimate of drug-likeness (QED) is 0.362. The molecule has 1 aromatic carbocycles. The fourth-order valence-corrected chi connectivity index (χ4v) is 5.83. The molecule has 4 heterocycles. The Morgan fingerprint density at radius 1 is 1.03 bits per heavy atom. The molecule has 3 aromatic rings. The summed E-state index contributed by atoms with van der Waals surface area (Å²) in [6.07, 6.45) is 3.41. The van der Waals surface area contributed by atoms with Gasteiger partial charge in [-0.3, -0.25) is 23.8 Å². The summed E-state index contributed by atoms with van der Waals surface area (Å²) in [6, 6.07) is 16.0. The number of carbonyl (C=O) groups excluding carboxylic acids is 1. The van der Waals surface area contributed by atoms with Crippen molar-refractivity contribution >= 4 is 51.7 Å². The molecule has 5 rings (SSSR count). The third-order valence-electron chi connectivity index (χ3n) is 6.37. The fraction of sp³-hybridized carbons (Fsp3) is 0.333. The SMILES string of the molecule is CC(C)CN1C(=O)C(=Cc2c(N3CCN(Cc4ccccc4)CC3)nc3ccccn3c2=O)SC1=S. The average Bonchev–Trinajstić information content (AvgIpc) is 3.14. The number of thioether (sulfide) groups is 1. The van der Waals surface area contributed by atoms with Crippen molar-refractivity contribution in [2.75, 3.05) is 37.6 Å². The summed E-state index contributed by atoms with van der Waals surface area (Å²) in [7, 11) is 0. The van der Waals surface area contributed by atoms with Crippen LogP contribution in [0.3, 0.4) is 0 Å². The van der Waals surface area contributed by atoms with E-state index in [4.69, 9.17) is 17.2 Å². The molecule has 2 saturated heterocycles. The summed E-state index contributed by atoms with van der Waals surface area (Å²) >= 11 is 6.73. The molecule has 2 fully saturated rings. The van der Waals surface area contributed by atoms with Crippen molar-refractivity contribution in [3.63, 3.8) is 0 Å². The van der Waals surface area contributed by atoms with Crippen LogP contribution in [0.4, 0.5) is 5.82 Å². The Morgan fingerprint density at radius 2 is 1.75 bits per heavy atom. The van der Waals surface area contributed by atoms with E-state index in [0.717, 1.165) is 32.7 Å². The molecule has 0 aliphatic carbocycles. The molecule has 1 amide bonds. The van der Waals surface area contributed by atoms with Gasteiger partial charge < -0.3 is 4.90 Å². The van der Waals surface area contributed by atoms with Crippen LogP contribution in [-0.2, 0) is 11.3 Å². The number of hydrogen-bond acceptors (Lipinski definition) is 7. The summed E-state index contributed by atoms with van der Waals surface area (Å²) < 4.78 is 2.07. The molecule has 0 N–H and O–H groups in total. The molecule has 0 atom stereocenters. The van der Waals surface area contributed by atoms with Gasteiger partial charge in [-0.1, -0.05) is 74.2 Å². The molecular formula is C27H29N5O2S2. The second-order valence-corrected chi connectivity index (χ2v) is 11.2. The van der Waals surface area contributed by atoms with Gasteiger partial charge in [0.15, 0.2) is 0 Å². The van der Waals surface area contributed by atoms with E-state index >= 15 is 0 Å². The standard InChI is InChI=1S/C27H29N5O2S2/c1-19(2)17-32-26(34)22(36-27(32)35)16-21-24(28-23-10-6-7-11-31(23)25(21)33)30-14-12-29(13-15-30)18-20-8-4-3-5-9-20/h3-11,16,19H,12-15,17-18H2,1-2H3. The second-order valence-electron chi connectivity index (χ2n) is 9.52. The first-order valence-electron chi connectivity index (χ1n) is 12.2. The molecule has 0 saturated carbocycles. The number of amides is 1. The third-order valence-corrected chi connectivity index (χ3v) is 7.74. The minimum atomic E-state index is -0.184. The topological polar surface area (TPSA) is 61.2 Å². The van der Waals surface area contributed by atoms with Crippen molar-refractivity contribution in [1.29, 1.82) is 0 Å². The van der Waals surface area contributed by atoms with Gasteiger partial charge >= 0.3 is 0 Å². The minimum absolute atomic E-state index is 0.144. The van der Waals surface area contributed by atoms with Crippen molar-refractivity contribution in [3.8, 4) is 0 Å². The van der Waals surface area contributed by atoms with Crippen LogP contribution in [0.15, 0.2) is 64.4 Å². The summed E-state index contributed by atoms with van der Waals surface area (Å²) in [5.41, 5.74) is 2.13. The summed E-state index contributed by atoms with van der Waals surface area (Å²) in [5, 5.41) is 0. The zero-order valence-electron chi connectivity index (χ0n) is 20.5. The molecule has 0 bridgehead atoms. The summed E-state index contributed by atoms with van der Waals surface area (Å²) in [5.74, 6) is 0.775. The van der Waals surface area contributed by atoms with E-state index in [0.29, 0.717) is 38.7 Å². The van der Waals surface area contributed by atoms with E-state index in [-0.39, 0.29) is 11.5 Å². The molecular weight excluding hydrogens is 490 g/mol. The van der Waals surface area contributed by atoms with Crippen LogP contribution < -0.4 is 10.5 Å². The molecule has 0 radical (unpaired) electrons. The molecule has 36 heavy (non-hydrogen) atoms. The van der Waals surface area contributed by atoms with Crippen molar-refractivity contribution in [2.24, 2.45) is 5.92 Å². The highest BCUT2D eigenvalue weighted by Gasteiger charge is 2.33. The number of benzene rings is 1. The summed E-state index contributed by atoms with van der Waals surface area (Å²) in [6.45, 7) is 8.78. The van der Waals surface area contributed by atoms with E-state index in [2.05, 4.69) is 47.9 Å². The first-order chi connectivity index (χ1) is 17.4. The lowest BCUT2D eigenvalue weighted by molar-refractivity contribution is -0.122. The number of piperazine rings is 1. The van der Waals surface area contributed by atoms with E-state index in [1.165, 1.54) is 21.7 Å². The van der Waals surface area contributed by atoms with Gasteiger partial charge in [0.25, 0.3) is 11.5 Å². The zero-order valence-corrected chi connectivity index (χ0v) is 22.1. The number of carbonyl (C=O) groups is 1. The van der Waals surface area contributed by atoms with Gasteiger partial charge in [-0.2, -0.15) is 0 Å². The normalized spacial score (nSPS) is 18.2. The maximum atomic E-state index is 13.6. The van der Waals surface area contributed by atoms with Crippen LogP contribution in [0, 0.1) is 5.92 Å². The van der Waals surface area contributed by atoms with Crippen molar-refractivity contribution in [2.45, 2.75) is 20.4 Å². The van der Waals surface area contributed by atoms with Gasteiger partial charge in [0.2, 0.25) is 0 Å². The highest BCUT2D eigenvalue weighted by atomic mass is 32.2. The van der Waals surface area contributed by atoms with Crippen LogP contribution in [-0.4, -0.2) is 62.1 Å². The predicted octanol–water partition coefficient (Wildman–Crippen LogP) is 3.87. The van der Waals surface area contributed by atoms with Gasteiger partial charge in [-0.25, -0.2) is 4.98 Å². The van der Waals surface area contributed by atoms with E-state index in [9.17, 15) is 9.59 Å². The van der Waals surface area contributed by atoms with Gasteiger partial charge in [0.05, 0.1) is 10.5 Å². The van der Waals surface area contributed by atoms with Crippen LogP contribution in [0.5, 0.6) is 0 Å².